The highest BCUT2D eigenvalue weighted by atomic mass is 19.1. The summed E-state index contributed by atoms with van der Waals surface area (Å²) in [5, 5.41) is 0. The van der Waals surface area contributed by atoms with Gasteiger partial charge in [-0.2, -0.15) is 0 Å². The van der Waals surface area contributed by atoms with Crippen LogP contribution in [0.15, 0.2) is 42.5 Å². The lowest BCUT2D eigenvalue weighted by atomic mass is 10.1. The summed E-state index contributed by atoms with van der Waals surface area (Å²) in [7, 11) is 3.11. The van der Waals surface area contributed by atoms with E-state index in [1.54, 1.807) is 44.6 Å². The maximum atomic E-state index is 13.9. The molecule has 3 rings (SSSR count). The number of nitrogens with zero attached hydrogens (tertiary/aromatic N) is 2. The highest BCUT2D eigenvalue weighted by Gasteiger charge is 2.21. The molecule has 1 aliphatic rings. The van der Waals surface area contributed by atoms with Gasteiger partial charge in [-0.05, 0) is 30.3 Å². The van der Waals surface area contributed by atoms with Crippen LogP contribution in [0.2, 0.25) is 0 Å². The summed E-state index contributed by atoms with van der Waals surface area (Å²) in [6, 6.07) is 12.0. The Bertz CT molecular complexity index is 773. The van der Waals surface area contributed by atoms with E-state index in [0.717, 1.165) is 0 Å². The topological polar surface area (TPSA) is 42.0 Å². The molecule has 0 aromatic heterocycles. The van der Waals surface area contributed by atoms with Gasteiger partial charge in [0.25, 0.3) is 0 Å². The normalized spacial score (nSPS) is 15.0. The molecule has 26 heavy (non-hydrogen) atoms. The number of Topliss-reactive ketones (excluding diaryl/α,β-unsaturated/α-hetero) is 1. The first-order chi connectivity index (χ1) is 12.6. The standard InChI is InChI=1S/C20H23FN2O3/c1-25-19-8-7-15(13-20(19)26-2)18(24)14-22-9-11-23(12-10-22)17-6-4-3-5-16(17)21/h3-8,13H,9-12,14H2,1-2H3. The van der Waals surface area contributed by atoms with Gasteiger partial charge in [0, 0.05) is 31.7 Å². The minimum atomic E-state index is -0.206. The molecule has 1 aliphatic heterocycles. The fourth-order valence-electron chi connectivity index (χ4n) is 3.16. The summed E-state index contributed by atoms with van der Waals surface area (Å²) in [5.41, 5.74) is 1.22. The lowest BCUT2D eigenvalue weighted by Crippen LogP contribution is -2.48. The molecule has 1 fully saturated rings. The number of methoxy groups -OCH3 is 2. The van der Waals surface area contributed by atoms with Crippen LogP contribution in [0, 0.1) is 5.82 Å². The minimum absolute atomic E-state index is 0.0327. The smallest absolute Gasteiger partial charge is 0.176 e. The molecule has 138 valence electrons. The molecule has 0 unspecified atom stereocenters. The lowest BCUT2D eigenvalue weighted by Gasteiger charge is -2.35. The van der Waals surface area contributed by atoms with Crippen LogP contribution >= 0.6 is 0 Å². The van der Waals surface area contributed by atoms with Crippen molar-refractivity contribution in [1.82, 2.24) is 4.90 Å². The Labute approximate surface area is 152 Å². The molecule has 2 aromatic rings. The predicted octanol–water partition coefficient (Wildman–Crippen LogP) is 2.85. The Morgan fingerprint density at radius 1 is 1.00 bits per heavy atom. The van der Waals surface area contributed by atoms with Gasteiger partial charge in [0.2, 0.25) is 0 Å². The van der Waals surface area contributed by atoms with E-state index in [9.17, 15) is 9.18 Å². The van der Waals surface area contributed by atoms with Crippen molar-refractivity contribution in [3.8, 4) is 11.5 Å². The minimum Gasteiger partial charge on any atom is -0.493 e. The van der Waals surface area contributed by atoms with Crippen molar-refractivity contribution in [1.29, 1.82) is 0 Å². The zero-order chi connectivity index (χ0) is 18.5. The second-order valence-electron chi connectivity index (χ2n) is 6.21. The van der Waals surface area contributed by atoms with Gasteiger partial charge in [0.1, 0.15) is 5.82 Å². The number of hydrogen-bond acceptors (Lipinski definition) is 5. The Hall–Kier alpha value is -2.60. The Kier molecular flexibility index (Phi) is 5.73. The van der Waals surface area contributed by atoms with Gasteiger partial charge < -0.3 is 14.4 Å². The van der Waals surface area contributed by atoms with Crippen LogP contribution in [0.4, 0.5) is 10.1 Å². The molecular formula is C20H23FN2O3. The molecule has 0 N–H and O–H groups in total. The summed E-state index contributed by atoms with van der Waals surface area (Å²) < 4.78 is 24.4. The Morgan fingerprint density at radius 3 is 2.35 bits per heavy atom. The van der Waals surface area contributed by atoms with Crippen LogP contribution in [0.5, 0.6) is 11.5 Å². The highest BCUT2D eigenvalue weighted by molar-refractivity contribution is 5.98. The summed E-state index contributed by atoms with van der Waals surface area (Å²) in [6.07, 6.45) is 0. The second-order valence-corrected chi connectivity index (χ2v) is 6.21. The number of ketones is 1. The van der Waals surface area contributed by atoms with Gasteiger partial charge in [0.15, 0.2) is 17.3 Å². The summed E-state index contributed by atoms with van der Waals surface area (Å²) >= 11 is 0. The van der Waals surface area contributed by atoms with Crippen LogP contribution in [-0.2, 0) is 0 Å². The van der Waals surface area contributed by atoms with Crippen molar-refractivity contribution >= 4 is 11.5 Å². The van der Waals surface area contributed by atoms with Crippen molar-refractivity contribution in [3.63, 3.8) is 0 Å². The van der Waals surface area contributed by atoms with E-state index in [1.165, 1.54) is 6.07 Å². The zero-order valence-electron chi connectivity index (χ0n) is 15.1. The third kappa shape index (κ3) is 3.96. The van der Waals surface area contributed by atoms with Crippen LogP contribution < -0.4 is 14.4 Å². The number of carbonyl (C=O) groups is 1. The first-order valence-electron chi connectivity index (χ1n) is 8.59. The molecule has 5 nitrogen and oxygen atoms in total. The largest absolute Gasteiger partial charge is 0.493 e. The molecule has 0 aliphatic carbocycles. The van der Waals surface area contributed by atoms with Gasteiger partial charge in [-0.3, -0.25) is 9.69 Å². The average molecular weight is 358 g/mol. The van der Waals surface area contributed by atoms with Crippen molar-refractivity contribution in [2.45, 2.75) is 0 Å². The molecule has 0 saturated carbocycles. The molecule has 1 saturated heterocycles. The SMILES string of the molecule is COc1ccc(C(=O)CN2CCN(c3ccccc3F)CC2)cc1OC. The number of benzene rings is 2. The number of para-hydroxylation sites is 1. The number of piperazine rings is 1. The number of ether oxygens (including phenoxy) is 2. The number of rotatable bonds is 6. The van der Waals surface area contributed by atoms with E-state index in [-0.39, 0.29) is 11.6 Å². The number of halogens is 1. The molecule has 2 aromatic carbocycles. The number of anilines is 1. The average Bonchev–Trinajstić information content (AvgIpc) is 2.68. The van der Waals surface area contributed by atoms with Crippen LogP contribution in [0.25, 0.3) is 0 Å². The number of carbonyl (C=O) groups excluding carboxylic acids is 1. The predicted molar refractivity (Wildman–Crippen MR) is 98.9 cm³/mol. The molecule has 0 spiro atoms. The van der Waals surface area contributed by atoms with Crippen molar-refractivity contribution in [3.05, 3.63) is 53.8 Å². The summed E-state index contributed by atoms with van der Waals surface area (Å²) in [4.78, 5) is 16.7. The maximum Gasteiger partial charge on any atom is 0.176 e. The fourth-order valence-corrected chi connectivity index (χ4v) is 3.16. The molecule has 0 bridgehead atoms. The fraction of sp³-hybridized carbons (Fsp3) is 0.350. The van der Waals surface area contributed by atoms with E-state index < -0.39 is 0 Å². The van der Waals surface area contributed by atoms with Crippen molar-refractivity contribution in [2.24, 2.45) is 0 Å². The van der Waals surface area contributed by atoms with E-state index in [4.69, 9.17) is 9.47 Å². The Morgan fingerprint density at radius 2 is 1.69 bits per heavy atom. The van der Waals surface area contributed by atoms with Gasteiger partial charge in [-0.1, -0.05) is 12.1 Å². The van der Waals surface area contributed by atoms with Gasteiger partial charge in [-0.15, -0.1) is 0 Å². The first kappa shape index (κ1) is 18.2. The van der Waals surface area contributed by atoms with E-state index in [0.29, 0.717) is 55.5 Å². The van der Waals surface area contributed by atoms with E-state index in [2.05, 4.69) is 4.90 Å². The van der Waals surface area contributed by atoms with Crippen LogP contribution in [-0.4, -0.2) is 57.6 Å². The third-order valence-electron chi connectivity index (χ3n) is 4.64. The zero-order valence-corrected chi connectivity index (χ0v) is 15.1. The lowest BCUT2D eigenvalue weighted by molar-refractivity contribution is 0.0926. The van der Waals surface area contributed by atoms with Crippen LogP contribution in [0.3, 0.4) is 0 Å². The molecular weight excluding hydrogens is 335 g/mol. The number of hydrogen-bond donors (Lipinski definition) is 0. The molecule has 0 atom stereocenters. The molecule has 6 heteroatoms. The van der Waals surface area contributed by atoms with Gasteiger partial charge in [0.05, 0.1) is 26.5 Å². The summed E-state index contributed by atoms with van der Waals surface area (Å²) in [5.74, 6) is 0.970. The molecule has 0 radical (unpaired) electrons. The summed E-state index contributed by atoms with van der Waals surface area (Å²) in [6.45, 7) is 3.15. The molecule has 1 heterocycles. The van der Waals surface area contributed by atoms with Gasteiger partial charge >= 0.3 is 0 Å². The van der Waals surface area contributed by atoms with E-state index >= 15 is 0 Å². The first-order valence-corrected chi connectivity index (χ1v) is 8.59. The maximum absolute atomic E-state index is 13.9. The Balaban J connectivity index is 1.59. The van der Waals surface area contributed by atoms with Crippen molar-refractivity contribution < 1.29 is 18.7 Å². The monoisotopic (exact) mass is 358 g/mol. The third-order valence-corrected chi connectivity index (χ3v) is 4.64. The van der Waals surface area contributed by atoms with Crippen molar-refractivity contribution in [2.75, 3.05) is 51.8 Å². The molecule has 0 amide bonds. The highest BCUT2D eigenvalue weighted by Crippen LogP contribution is 2.28. The van der Waals surface area contributed by atoms with E-state index in [1.807, 2.05) is 11.0 Å². The van der Waals surface area contributed by atoms with Gasteiger partial charge in [-0.25, -0.2) is 4.39 Å². The quantitative estimate of drug-likeness (QED) is 0.743. The second kappa shape index (κ2) is 8.19. The van der Waals surface area contributed by atoms with Crippen LogP contribution in [0.1, 0.15) is 10.4 Å².